The maximum Gasteiger partial charge on any atom is 0.416 e. The molecule has 0 aliphatic rings. The van der Waals surface area contributed by atoms with Crippen LogP contribution in [-0.2, 0) is 19.3 Å². The van der Waals surface area contributed by atoms with Crippen molar-refractivity contribution in [2.75, 3.05) is 0 Å². The highest BCUT2D eigenvalue weighted by Gasteiger charge is 2.30. The number of carbonyl (C=O) groups excluding carboxylic acids is 1. The van der Waals surface area contributed by atoms with Gasteiger partial charge in [0.1, 0.15) is 0 Å². The number of hydrogen-bond donors (Lipinski definition) is 2. The first-order valence-electron chi connectivity index (χ1n) is 9.78. The summed E-state index contributed by atoms with van der Waals surface area (Å²) in [5.41, 5.74) is 3.38. The second-order valence-corrected chi connectivity index (χ2v) is 7.69. The van der Waals surface area contributed by atoms with Crippen LogP contribution in [0.1, 0.15) is 49.7 Å². The van der Waals surface area contributed by atoms with Gasteiger partial charge < -0.3 is 14.9 Å². The number of H-pyrrole nitrogens is 1. The van der Waals surface area contributed by atoms with Gasteiger partial charge in [0.25, 0.3) is 11.5 Å². The molecular formula is C23H24F3N3O2. The van der Waals surface area contributed by atoms with Crippen molar-refractivity contribution in [2.45, 2.75) is 47.0 Å². The zero-order chi connectivity index (χ0) is 22.9. The number of aromatic nitrogens is 2. The number of nitrogens with one attached hydrogen (secondary N) is 2. The number of hydrogen-bond acceptors (Lipinski definition) is 2. The van der Waals surface area contributed by atoms with Crippen LogP contribution in [0.3, 0.4) is 0 Å². The number of pyridine rings is 1. The topological polar surface area (TPSA) is 66.9 Å². The van der Waals surface area contributed by atoms with Crippen LogP contribution in [-0.4, -0.2) is 15.5 Å². The second kappa shape index (κ2) is 8.45. The van der Waals surface area contributed by atoms with Crippen LogP contribution in [0.15, 0.2) is 41.2 Å². The van der Waals surface area contributed by atoms with E-state index in [0.717, 1.165) is 29.1 Å². The Labute approximate surface area is 177 Å². The van der Waals surface area contributed by atoms with E-state index >= 15 is 0 Å². The van der Waals surface area contributed by atoms with Crippen molar-refractivity contribution in [3.05, 3.63) is 91.7 Å². The Bertz CT molecular complexity index is 1190. The van der Waals surface area contributed by atoms with Gasteiger partial charge in [0, 0.05) is 35.7 Å². The molecule has 8 heteroatoms. The molecular weight excluding hydrogens is 407 g/mol. The molecule has 0 unspecified atom stereocenters. The minimum absolute atomic E-state index is 0.0809. The molecule has 1 aromatic carbocycles. The van der Waals surface area contributed by atoms with Gasteiger partial charge in [-0.05, 0) is 63.1 Å². The van der Waals surface area contributed by atoms with Crippen LogP contribution in [0.25, 0.3) is 0 Å². The second-order valence-electron chi connectivity index (χ2n) is 7.69. The van der Waals surface area contributed by atoms with Crippen LogP contribution in [0.2, 0.25) is 0 Å². The number of nitrogens with zero attached hydrogens (tertiary/aromatic N) is 1. The summed E-state index contributed by atoms with van der Waals surface area (Å²) in [6.45, 7) is 7.44. The first-order valence-corrected chi connectivity index (χ1v) is 9.78. The van der Waals surface area contributed by atoms with Gasteiger partial charge in [-0.2, -0.15) is 13.2 Å². The molecule has 2 heterocycles. The smallest absolute Gasteiger partial charge is 0.348 e. The minimum atomic E-state index is -4.41. The minimum Gasteiger partial charge on any atom is -0.348 e. The van der Waals surface area contributed by atoms with Crippen LogP contribution in [0, 0.1) is 27.7 Å². The fourth-order valence-corrected chi connectivity index (χ4v) is 3.67. The lowest BCUT2D eigenvalue weighted by atomic mass is 10.1. The lowest BCUT2D eigenvalue weighted by molar-refractivity contribution is -0.137. The Hall–Kier alpha value is -3.29. The van der Waals surface area contributed by atoms with Gasteiger partial charge in [0.2, 0.25) is 0 Å². The van der Waals surface area contributed by atoms with E-state index in [1.165, 1.54) is 6.07 Å². The first-order chi connectivity index (χ1) is 14.5. The van der Waals surface area contributed by atoms with E-state index in [9.17, 15) is 22.8 Å². The number of carbonyl (C=O) groups is 1. The third-order valence-electron chi connectivity index (χ3n) is 5.33. The molecule has 0 aliphatic carbocycles. The van der Waals surface area contributed by atoms with E-state index in [0.29, 0.717) is 22.4 Å². The maximum atomic E-state index is 13.0. The van der Waals surface area contributed by atoms with E-state index < -0.39 is 11.7 Å². The SMILES string of the molecule is Cc1cc(C)c(CNC(=O)c2cc(C)n(Cc3cccc(C(F)(F)F)c3)c2C)c(=O)[nH]1. The number of aryl methyl sites for hydroxylation is 3. The molecule has 3 aromatic rings. The molecule has 31 heavy (non-hydrogen) atoms. The summed E-state index contributed by atoms with van der Waals surface area (Å²) in [6, 6.07) is 8.69. The summed E-state index contributed by atoms with van der Waals surface area (Å²) < 4.78 is 40.8. The molecule has 2 N–H and O–H groups in total. The number of aromatic amines is 1. The van der Waals surface area contributed by atoms with Gasteiger partial charge in [0.15, 0.2) is 0 Å². The van der Waals surface area contributed by atoms with Crippen molar-refractivity contribution < 1.29 is 18.0 Å². The molecule has 164 valence electrons. The molecule has 1 amide bonds. The van der Waals surface area contributed by atoms with Gasteiger partial charge in [0.05, 0.1) is 11.1 Å². The quantitative estimate of drug-likeness (QED) is 0.629. The van der Waals surface area contributed by atoms with Gasteiger partial charge in [-0.15, -0.1) is 0 Å². The van der Waals surface area contributed by atoms with E-state index in [4.69, 9.17) is 0 Å². The van der Waals surface area contributed by atoms with Gasteiger partial charge >= 0.3 is 6.18 Å². The zero-order valence-electron chi connectivity index (χ0n) is 17.8. The summed E-state index contributed by atoms with van der Waals surface area (Å²) >= 11 is 0. The van der Waals surface area contributed by atoms with E-state index in [1.54, 1.807) is 37.5 Å². The van der Waals surface area contributed by atoms with Crippen molar-refractivity contribution in [3.63, 3.8) is 0 Å². The molecule has 3 rings (SSSR count). The Morgan fingerprint density at radius 1 is 1.10 bits per heavy atom. The van der Waals surface area contributed by atoms with Gasteiger partial charge in [-0.25, -0.2) is 0 Å². The number of alkyl halides is 3. The molecule has 5 nitrogen and oxygen atoms in total. The highest BCUT2D eigenvalue weighted by atomic mass is 19.4. The Morgan fingerprint density at radius 3 is 2.45 bits per heavy atom. The molecule has 0 atom stereocenters. The van der Waals surface area contributed by atoms with E-state index in [-0.39, 0.29) is 24.6 Å². The zero-order valence-corrected chi connectivity index (χ0v) is 17.8. The van der Waals surface area contributed by atoms with Crippen molar-refractivity contribution >= 4 is 5.91 Å². The molecule has 0 radical (unpaired) electrons. The van der Waals surface area contributed by atoms with Crippen molar-refractivity contribution in [1.29, 1.82) is 0 Å². The van der Waals surface area contributed by atoms with Gasteiger partial charge in [-0.1, -0.05) is 12.1 Å². The Balaban J connectivity index is 1.80. The summed E-state index contributed by atoms with van der Waals surface area (Å²) in [7, 11) is 0. The fourth-order valence-electron chi connectivity index (χ4n) is 3.67. The Morgan fingerprint density at radius 2 is 1.81 bits per heavy atom. The molecule has 0 aliphatic heterocycles. The van der Waals surface area contributed by atoms with Gasteiger partial charge in [-0.3, -0.25) is 9.59 Å². The Kier molecular flexibility index (Phi) is 6.10. The number of halogens is 3. The third kappa shape index (κ3) is 4.90. The van der Waals surface area contributed by atoms with E-state index in [2.05, 4.69) is 10.3 Å². The van der Waals surface area contributed by atoms with Crippen LogP contribution in [0.4, 0.5) is 13.2 Å². The molecule has 2 aromatic heterocycles. The molecule has 0 saturated heterocycles. The van der Waals surface area contributed by atoms with Crippen LogP contribution in [0.5, 0.6) is 0 Å². The molecule has 0 bridgehead atoms. The average molecular weight is 431 g/mol. The lowest BCUT2D eigenvalue weighted by Gasteiger charge is -2.13. The molecule has 0 saturated carbocycles. The predicted molar refractivity (Wildman–Crippen MR) is 112 cm³/mol. The monoisotopic (exact) mass is 431 g/mol. The summed E-state index contributed by atoms with van der Waals surface area (Å²) in [4.78, 5) is 27.6. The standard InChI is InChI=1S/C23H24F3N3O2/c1-13-8-14(2)28-22(31)20(13)11-27-21(30)19-9-15(3)29(16(19)4)12-17-6-5-7-18(10-17)23(24,25)26/h5-10H,11-12H2,1-4H3,(H,27,30)(H,28,31). The maximum absolute atomic E-state index is 13.0. The van der Waals surface area contributed by atoms with E-state index in [1.807, 2.05) is 13.0 Å². The normalized spacial score (nSPS) is 11.6. The highest BCUT2D eigenvalue weighted by molar-refractivity contribution is 5.95. The summed E-state index contributed by atoms with van der Waals surface area (Å²) in [5.74, 6) is -0.345. The summed E-state index contributed by atoms with van der Waals surface area (Å²) in [5, 5.41) is 2.77. The average Bonchev–Trinajstić information content (AvgIpc) is 2.95. The highest BCUT2D eigenvalue weighted by Crippen LogP contribution is 2.30. The van der Waals surface area contributed by atoms with Crippen molar-refractivity contribution in [3.8, 4) is 0 Å². The largest absolute Gasteiger partial charge is 0.416 e. The van der Waals surface area contributed by atoms with Crippen molar-refractivity contribution in [2.24, 2.45) is 0 Å². The molecule has 0 fully saturated rings. The summed E-state index contributed by atoms with van der Waals surface area (Å²) in [6.07, 6.45) is -4.41. The number of rotatable bonds is 5. The first kappa shape index (κ1) is 22.4. The third-order valence-corrected chi connectivity index (χ3v) is 5.33. The van der Waals surface area contributed by atoms with Crippen molar-refractivity contribution in [1.82, 2.24) is 14.9 Å². The number of benzene rings is 1. The number of amides is 1. The fraction of sp³-hybridized carbons (Fsp3) is 0.304. The predicted octanol–water partition coefficient (Wildman–Crippen LogP) is 4.41. The molecule has 0 spiro atoms. The van der Waals surface area contributed by atoms with Crippen LogP contribution >= 0.6 is 0 Å². The lowest BCUT2D eigenvalue weighted by Crippen LogP contribution is -2.28. The van der Waals surface area contributed by atoms with Crippen LogP contribution < -0.4 is 10.9 Å².